The van der Waals surface area contributed by atoms with E-state index in [-0.39, 0.29) is 18.4 Å². The molecule has 4 nitrogen and oxygen atoms in total. The Morgan fingerprint density at radius 3 is 2.16 bits per heavy atom. The fourth-order valence-electron chi connectivity index (χ4n) is 2.16. The van der Waals surface area contributed by atoms with Crippen LogP contribution in [0.15, 0.2) is 42.6 Å². The average molecular weight is 252 g/mol. The number of pyridine rings is 1. The van der Waals surface area contributed by atoms with Gasteiger partial charge < -0.3 is 0 Å². The molecular formula is C15H12N2O2. The van der Waals surface area contributed by atoms with Gasteiger partial charge in [0.2, 0.25) is 0 Å². The molecule has 1 aromatic heterocycles. The van der Waals surface area contributed by atoms with Crippen molar-refractivity contribution in [2.75, 3.05) is 0 Å². The number of aromatic nitrogens is 1. The largest absolute Gasteiger partial charge is 0.270 e. The van der Waals surface area contributed by atoms with Crippen molar-refractivity contribution >= 4 is 11.8 Å². The van der Waals surface area contributed by atoms with Gasteiger partial charge in [-0.3, -0.25) is 19.5 Å². The molecule has 19 heavy (non-hydrogen) atoms. The maximum atomic E-state index is 12.2. The molecule has 3 rings (SSSR count). The Morgan fingerprint density at radius 1 is 1.00 bits per heavy atom. The van der Waals surface area contributed by atoms with E-state index in [1.165, 1.54) is 4.90 Å². The molecule has 0 atom stereocenters. The van der Waals surface area contributed by atoms with Crippen LogP contribution in [0.2, 0.25) is 0 Å². The van der Waals surface area contributed by atoms with Crippen LogP contribution in [0.25, 0.3) is 0 Å². The fourth-order valence-corrected chi connectivity index (χ4v) is 2.16. The monoisotopic (exact) mass is 252 g/mol. The third-order valence-electron chi connectivity index (χ3n) is 3.19. The minimum atomic E-state index is -0.235. The van der Waals surface area contributed by atoms with E-state index >= 15 is 0 Å². The highest BCUT2D eigenvalue weighted by Crippen LogP contribution is 2.23. The van der Waals surface area contributed by atoms with Crippen molar-refractivity contribution in [3.8, 4) is 0 Å². The van der Waals surface area contributed by atoms with Gasteiger partial charge >= 0.3 is 0 Å². The lowest BCUT2D eigenvalue weighted by Crippen LogP contribution is -2.29. The number of carbonyl (C=O) groups excluding carboxylic acids is 2. The molecule has 4 heteroatoms. The third kappa shape index (κ3) is 1.91. The van der Waals surface area contributed by atoms with Crippen LogP contribution in [0.5, 0.6) is 0 Å². The van der Waals surface area contributed by atoms with E-state index in [1.54, 1.807) is 30.5 Å². The van der Waals surface area contributed by atoms with E-state index in [2.05, 4.69) is 4.98 Å². The summed E-state index contributed by atoms with van der Waals surface area (Å²) in [6, 6.07) is 10.6. The first-order chi connectivity index (χ1) is 9.16. The van der Waals surface area contributed by atoms with Crippen LogP contribution in [0.3, 0.4) is 0 Å². The van der Waals surface area contributed by atoms with E-state index in [9.17, 15) is 9.59 Å². The number of benzene rings is 1. The maximum absolute atomic E-state index is 12.2. The molecule has 1 aliphatic rings. The lowest BCUT2D eigenvalue weighted by Gasteiger charge is -2.13. The molecule has 1 aromatic carbocycles. The van der Waals surface area contributed by atoms with Gasteiger partial charge in [-0.15, -0.1) is 0 Å². The van der Waals surface area contributed by atoms with Crippen molar-refractivity contribution in [2.45, 2.75) is 13.5 Å². The van der Waals surface area contributed by atoms with Crippen molar-refractivity contribution in [3.05, 3.63) is 65.0 Å². The molecule has 0 saturated heterocycles. The molecule has 94 valence electrons. The van der Waals surface area contributed by atoms with Gasteiger partial charge in [-0.05, 0) is 30.7 Å². The normalized spacial score (nSPS) is 13.8. The van der Waals surface area contributed by atoms with Crippen molar-refractivity contribution in [2.24, 2.45) is 0 Å². The molecule has 1 aliphatic heterocycles. The van der Waals surface area contributed by atoms with Gasteiger partial charge in [0.15, 0.2) is 0 Å². The summed E-state index contributed by atoms with van der Waals surface area (Å²) >= 11 is 0. The Morgan fingerprint density at radius 2 is 1.63 bits per heavy atom. The molecule has 0 spiro atoms. The number of carbonyl (C=O) groups is 2. The first kappa shape index (κ1) is 11.6. The number of amides is 2. The van der Waals surface area contributed by atoms with Gasteiger partial charge in [0.1, 0.15) is 0 Å². The number of aryl methyl sites for hydroxylation is 1. The number of nitrogens with zero attached hydrogens (tertiary/aromatic N) is 2. The molecule has 0 saturated carbocycles. The molecule has 0 radical (unpaired) electrons. The second-order valence-corrected chi connectivity index (χ2v) is 4.55. The van der Waals surface area contributed by atoms with Crippen LogP contribution in [0.1, 0.15) is 32.0 Å². The van der Waals surface area contributed by atoms with E-state index in [1.807, 2.05) is 19.1 Å². The Hall–Kier alpha value is -2.49. The molecule has 0 fully saturated rings. The highest BCUT2D eigenvalue weighted by atomic mass is 16.2. The van der Waals surface area contributed by atoms with Gasteiger partial charge in [0.25, 0.3) is 11.8 Å². The molecular weight excluding hydrogens is 240 g/mol. The summed E-state index contributed by atoms with van der Waals surface area (Å²) in [5, 5.41) is 0. The fraction of sp³-hybridized carbons (Fsp3) is 0.133. The third-order valence-corrected chi connectivity index (χ3v) is 3.19. The topological polar surface area (TPSA) is 50.3 Å². The number of fused-ring (bicyclic) bond motifs is 1. The summed E-state index contributed by atoms with van der Waals surface area (Å²) in [7, 11) is 0. The predicted molar refractivity (Wildman–Crippen MR) is 69.6 cm³/mol. The van der Waals surface area contributed by atoms with Crippen LogP contribution in [-0.4, -0.2) is 21.7 Å². The summed E-state index contributed by atoms with van der Waals surface area (Å²) in [5.74, 6) is -0.470. The Balaban J connectivity index is 1.90. The van der Waals surface area contributed by atoms with Gasteiger partial charge in [-0.1, -0.05) is 18.2 Å². The maximum Gasteiger partial charge on any atom is 0.261 e. The number of hydrogen-bond acceptors (Lipinski definition) is 3. The standard InChI is InChI=1S/C15H12N2O2/c1-10-6-7-11(8-16-10)9-17-14(18)12-4-2-3-5-13(12)15(17)19/h2-8H,9H2,1H3. The van der Waals surface area contributed by atoms with Gasteiger partial charge in [-0.25, -0.2) is 0 Å². The molecule has 0 aliphatic carbocycles. The molecule has 0 unspecified atom stereocenters. The minimum absolute atomic E-state index is 0.235. The predicted octanol–water partition coefficient (Wildman–Crippen LogP) is 2.19. The zero-order valence-corrected chi connectivity index (χ0v) is 10.5. The van der Waals surface area contributed by atoms with Crippen molar-refractivity contribution in [3.63, 3.8) is 0 Å². The number of rotatable bonds is 2. The van der Waals surface area contributed by atoms with E-state index in [0.717, 1.165) is 11.3 Å². The molecule has 0 N–H and O–H groups in total. The SMILES string of the molecule is Cc1ccc(CN2C(=O)c3ccccc3C2=O)cn1. The second kappa shape index (κ2) is 4.31. The Labute approximate surface area is 110 Å². The molecule has 2 aromatic rings. The van der Waals surface area contributed by atoms with Crippen LogP contribution >= 0.6 is 0 Å². The van der Waals surface area contributed by atoms with E-state index in [4.69, 9.17) is 0 Å². The minimum Gasteiger partial charge on any atom is -0.270 e. The molecule has 2 heterocycles. The van der Waals surface area contributed by atoms with Gasteiger partial charge in [0.05, 0.1) is 17.7 Å². The summed E-state index contributed by atoms with van der Waals surface area (Å²) in [4.78, 5) is 29.8. The Kier molecular flexibility index (Phi) is 2.63. The summed E-state index contributed by atoms with van der Waals surface area (Å²) in [5.41, 5.74) is 2.71. The van der Waals surface area contributed by atoms with Crippen LogP contribution in [-0.2, 0) is 6.54 Å². The van der Waals surface area contributed by atoms with Crippen molar-refractivity contribution < 1.29 is 9.59 Å². The highest BCUT2D eigenvalue weighted by molar-refractivity contribution is 6.21. The van der Waals surface area contributed by atoms with E-state index in [0.29, 0.717) is 11.1 Å². The zero-order valence-electron chi connectivity index (χ0n) is 10.5. The first-order valence-corrected chi connectivity index (χ1v) is 6.03. The van der Waals surface area contributed by atoms with Crippen molar-refractivity contribution in [1.29, 1.82) is 0 Å². The van der Waals surface area contributed by atoms with Gasteiger partial charge in [-0.2, -0.15) is 0 Å². The summed E-state index contributed by atoms with van der Waals surface area (Å²) in [6.45, 7) is 2.16. The second-order valence-electron chi connectivity index (χ2n) is 4.55. The number of imide groups is 1. The van der Waals surface area contributed by atoms with Gasteiger partial charge in [0, 0.05) is 11.9 Å². The van der Waals surface area contributed by atoms with Crippen LogP contribution < -0.4 is 0 Å². The quantitative estimate of drug-likeness (QED) is 0.770. The first-order valence-electron chi connectivity index (χ1n) is 6.03. The van der Waals surface area contributed by atoms with E-state index < -0.39 is 0 Å². The summed E-state index contributed by atoms with van der Waals surface area (Å²) < 4.78 is 0. The summed E-state index contributed by atoms with van der Waals surface area (Å²) in [6.07, 6.45) is 1.69. The van der Waals surface area contributed by atoms with Crippen LogP contribution in [0.4, 0.5) is 0 Å². The Bertz CT molecular complexity index is 627. The number of hydrogen-bond donors (Lipinski definition) is 0. The highest BCUT2D eigenvalue weighted by Gasteiger charge is 2.34. The average Bonchev–Trinajstić information content (AvgIpc) is 2.67. The zero-order chi connectivity index (χ0) is 13.4. The molecule has 2 amide bonds. The van der Waals surface area contributed by atoms with Crippen molar-refractivity contribution in [1.82, 2.24) is 9.88 Å². The smallest absolute Gasteiger partial charge is 0.261 e. The van der Waals surface area contributed by atoms with Crippen LogP contribution in [0, 0.1) is 6.92 Å². The lowest BCUT2D eigenvalue weighted by atomic mass is 10.1. The lowest BCUT2D eigenvalue weighted by molar-refractivity contribution is 0.0642. The molecule has 0 bridgehead atoms.